The summed E-state index contributed by atoms with van der Waals surface area (Å²) in [6.45, 7) is 0. The SMILES string of the molecule is O=c1[nH]nc(Cc2ccccc2)cc1Cl. The van der Waals surface area contributed by atoms with Crippen molar-refractivity contribution >= 4 is 11.6 Å². The zero-order valence-corrected chi connectivity index (χ0v) is 8.66. The van der Waals surface area contributed by atoms with Gasteiger partial charge in [0.05, 0.1) is 5.69 Å². The molecule has 0 saturated heterocycles. The lowest BCUT2D eigenvalue weighted by Gasteiger charge is -2.00. The molecule has 0 radical (unpaired) electrons. The van der Waals surface area contributed by atoms with Gasteiger partial charge in [-0.1, -0.05) is 41.9 Å². The molecule has 0 bridgehead atoms. The summed E-state index contributed by atoms with van der Waals surface area (Å²) in [6, 6.07) is 11.5. The van der Waals surface area contributed by atoms with Crippen LogP contribution in [0.25, 0.3) is 0 Å². The quantitative estimate of drug-likeness (QED) is 0.842. The molecular formula is C11H9ClN2O. The second kappa shape index (κ2) is 4.28. The number of aromatic nitrogens is 2. The molecule has 0 unspecified atom stereocenters. The van der Waals surface area contributed by atoms with Gasteiger partial charge in [0.1, 0.15) is 5.02 Å². The van der Waals surface area contributed by atoms with Crippen LogP contribution in [0.15, 0.2) is 41.2 Å². The molecule has 15 heavy (non-hydrogen) atoms. The Morgan fingerprint density at radius 3 is 2.67 bits per heavy atom. The summed E-state index contributed by atoms with van der Waals surface area (Å²) >= 11 is 5.70. The summed E-state index contributed by atoms with van der Waals surface area (Å²) < 4.78 is 0. The first-order valence-corrected chi connectivity index (χ1v) is 4.91. The Morgan fingerprint density at radius 2 is 2.00 bits per heavy atom. The molecule has 0 fully saturated rings. The van der Waals surface area contributed by atoms with Crippen molar-refractivity contribution in [3.05, 3.63) is 63.0 Å². The van der Waals surface area contributed by atoms with Crippen LogP contribution in [-0.2, 0) is 6.42 Å². The molecule has 76 valence electrons. The number of H-pyrrole nitrogens is 1. The number of nitrogens with zero attached hydrogens (tertiary/aromatic N) is 1. The minimum absolute atomic E-state index is 0.177. The van der Waals surface area contributed by atoms with Gasteiger partial charge in [-0.05, 0) is 11.6 Å². The topological polar surface area (TPSA) is 45.8 Å². The molecular weight excluding hydrogens is 212 g/mol. The fourth-order valence-corrected chi connectivity index (χ4v) is 1.48. The average molecular weight is 221 g/mol. The van der Waals surface area contributed by atoms with E-state index in [0.29, 0.717) is 6.42 Å². The Balaban J connectivity index is 2.26. The van der Waals surface area contributed by atoms with Crippen LogP contribution >= 0.6 is 11.6 Å². The zero-order chi connectivity index (χ0) is 10.7. The van der Waals surface area contributed by atoms with E-state index in [9.17, 15) is 4.79 Å². The fraction of sp³-hybridized carbons (Fsp3) is 0.0909. The molecule has 2 aromatic rings. The van der Waals surface area contributed by atoms with E-state index >= 15 is 0 Å². The Morgan fingerprint density at radius 1 is 1.27 bits per heavy atom. The van der Waals surface area contributed by atoms with Crippen LogP contribution in [0.5, 0.6) is 0 Å². The molecule has 2 rings (SSSR count). The van der Waals surface area contributed by atoms with Crippen molar-refractivity contribution in [3.8, 4) is 0 Å². The molecule has 1 heterocycles. The van der Waals surface area contributed by atoms with Gasteiger partial charge < -0.3 is 0 Å². The lowest BCUT2D eigenvalue weighted by molar-refractivity contribution is 0.911. The van der Waals surface area contributed by atoms with Crippen molar-refractivity contribution in [2.75, 3.05) is 0 Å². The van der Waals surface area contributed by atoms with E-state index < -0.39 is 0 Å². The Bertz CT molecular complexity index is 507. The van der Waals surface area contributed by atoms with Crippen molar-refractivity contribution in [2.24, 2.45) is 0 Å². The smallest absolute Gasteiger partial charge is 0.266 e. The van der Waals surface area contributed by atoms with Crippen molar-refractivity contribution < 1.29 is 0 Å². The van der Waals surface area contributed by atoms with Crippen LogP contribution in [0.2, 0.25) is 5.02 Å². The first kappa shape index (κ1) is 9.93. The number of aromatic amines is 1. The molecule has 0 aliphatic carbocycles. The molecule has 1 aromatic carbocycles. The third-order valence-electron chi connectivity index (χ3n) is 2.04. The van der Waals surface area contributed by atoms with Crippen LogP contribution in [0, 0.1) is 0 Å². The predicted octanol–water partition coefficient (Wildman–Crippen LogP) is 2.01. The molecule has 1 N–H and O–H groups in total. The van der Waals surface area contributed by atoms with Gasteiger partial charge in [0.15, 0.2) is 0 Å². The van der Waals surface area contributed by atoms with E-state index in [0.717, 1.165) is 11.3 Å². The van der Waals surface area contributed by atoms with Crippen LogP contribution in [0.4, 0.5) is 0 Å². The van der Waals surface area contributed by atoms with E-state index in [1.807, 2.05) is 30.3 Å². The number of hydrogen-bond acceptors (Lipinski definition) is 2. The molecule has 1 aromatic heterocycles. The first-order chi connectivity index (χ1) is 7.25. The predicted molar refractivity (Wildman–Crippen MR) is 59.1 cm³/mol. The van der Waals surface area contributed by atoms with Crippen molar-refractivity contribution in [2.45, 2.75) is 6.42 Å². The van der Waals surface area contributed by atoms with Crippen LogP contribution in [0.3, 0.4) is 0 Å². The van der Waals surface area contributed by atoms with E-state index in [2.05, 4.69) is 10.2 Å². The minimum Gasteiger partial charge on any atom is -0.266 e. The standard InChI is InChI=1S/C11H9ClN2O/c12-10-7-9(13-14-11(10)15)6-8-4-2-1-3-5-8/h1-5,7H,6H2,(H,14,15). The summed E-state index contributed by atoms with van der Waals surface area (Å²) in [5.41, 5.74) is 1.53. The third-order valence-corrected chi connectivity index (χ3v) is 2.32. The highest BCUT2D eigenvalue weighted by Gasteiger charge is 2.01. The maximum absolute atomic E-state index is 11.0. The van der Waals surface area contributed by atoms with Crippen molar-refractivity contribution in [3.63, 3.8) is 0 Å². The highest BCUT2D eigenvalue weighted by Crippen LogP contribution is 2.08. The molecule has 3 nitrogen and oxygen atoms in total. The number of rotatable bonds is 2. The number of benzene rings is 1. The average Bonchev–Trinajstić information content (AvgIpc) is 2.25. The molecule has 0 spiro atoms. The molecule has 0 saturated carbocycles. The van der Waals surface area contributed by atoms with Gasteiger partial charge in [0.25, 0.3) is 5.56 Å². The van der Waals surface area contributed by atoms with Gasteiger partial charge in [-0.15, -0.1) is 0 Å². The molecule has 0 aliphatic rings. The summed E-state index contributed by atoms with van der Waals surface area (Å²) in [5.74, 6) is 0. The largest absolute Gasteiger partial charge is 0.282 e. The second-order valence-electron chi connectivity index (χ2n) is 3.20. The number of hydrogen-bond donors (Lipinski definition) is 1. The van der Waals surface area contributed by atoms with Gasteiger partial charge in [0, 0.05) is 6.42 Å². The van der Waals surface area contributed by atoms with Crippen LogP contribution in [-0.4, -0.2) is 10.2 Å². The van der Waals surface area contributed by atoms with Crippen molar-refractivity contribution in [1.82, 2.24) is 10.2 Å². The summed E-state index contributed by atoms with van der Waals surface area (Å²) in [6.07, 6.45) is 0.664. The summed E-state index contributed by atoms with van der Waals surface area (Å²) in [5, 5.41) is 6.44. The van der Waals surface area contributed by atoms with E-state index in [4.69, 9.17) is 11.6 Å². The molecule has 0 atom stereocenters. The number of nitrogens with one attached hydrogen (secondary N) is 1. The molecule has 0 aliphatic heterocycles. The summed E-state index contributed by atoms with van der Waals surface area (Å²) in [7, 11) is 0. The van der Waals surface area contributed by atoms with E-state index in [1.165, 1.54) is 0 Å². The minimum atomic E-state index is -0.353. The van der Waals surface area contributed by atoms with Gasteiger partial charge in [-0.3, -0.25) is 4.79 Å². The monoisotopic (exact) mass is 220 g/mol. The van der Waals surface area contributed by atoms with Gasteiger partial charge >= 0.3 is 0 Å². The van der Waals surface area contributed by atoms with Crippen LogP contribution in [0.1, 0.15) is 11.3 Å². The Hall–Kier alpha value is -1.61. The third kappa shape index (κ3) is 2.44. The lowest BCUT2D eigenvalue weighted by atomic mass is 10.1. The zero-order valence-electron chi connectivity index (χ0n) is 7.90. The highest BCUT2D eigenvalue weighted by atomic mass is 35.5. The maximum Gasteiger partial charge on any atom is 0.282 e. The highest BCUT2D eigenvalue weighted by molar-refractivity contribution is 6.30. The number of halogens is 1. The Labute approximate surface area is 91.7 Å². The summed E-state index contributed by atoms with van der Waals surface area (Å²) in [4.78, 5) is 11.0. The normalized spacial score (nSPS) is 10.2. The molecule has 0 amide bonds. The van der Waals surface area contributed by atoms with Gasteiger partial charge in [-0.25, -0.2) is 5.10 Å². The van der Waals surface area contributed by atoms with Crippen LogP contribution < -0.4 is 5.56 Å². The van der Waals surface area contributed by atoms with Gasteiger partial charge in [-0.2, -0.15) is 5.10 Å². The van der Waals surface area contributed by atoms with E-state index in [1.54, 1.807) is 6.07 Å². The van der Waals surface area contributed by atoms with Gasteiger partial charge in [0.2, 0.25) is 0 Å². The van der Waals surface area contributed by atoms with Crippen molar-refractivity contribution in [1.29, 1.82) is 0 Å². The van der Waals surface area contributed by atoms with E-state index in [-0.39, 0.29) is 10.6 Å². The molecule has 4 heteroatoms. The maximum atomic E-state index is 11.0. The first-order valence-electron chi connectivity index (χ1n) is 4.54. The Kier molecular flexibility index (Phi) is 2.83. The lowest BCUT2D eigenvalue weighted by Crippen LogP contribution is -2.10. The second-order valence-corrected chi connectivity index (χ2v) is 3.61. The fourth-order valence-electron chi connectivity index (χ4n) is 1.32.